The molecule has 3 heteroatoms. The molecule has 1 aromatic carbocycles. The van der Waals surface area contributed by atoms with Gasteiger partial charge in [0, 0.05) is 6.54 Å². The zero-order chi connectivity index (χ0) is 11.4. The highest BCUT2D eigenvalue weighted by molar-refractivity contribution is 9.10. The zero-order valence-electron chi connectivity index (χ0n) is 9.42. The molecule has 1 fully saturated rings. The molecule has 0 atom stereocenters. The number of ether oxygens (including phenoxy) is 1. The first-order chi connectivity index (χ1) is 7.79. The second-order valence-electron chi connectivity index (χ2n) is 4.40. The van der Waals surface area contributed by atoms with Crippen molar-refractivity contribution in [3.63, 3.8) is 0 Å². The highest BCUT2D eigenvalue weighted by Crippen LogP contribution is 2.30. The summed E-state index contributed by atoms with van der Waals surface area (Å²) in [6.45, 7) is 1.40. The van der Waals surface area contributed by atoms with Crippen LogP contribution in [-0.2, 0) is 6.54 Å². The van der Waals surface area contributed by atoms with Gasteiger partial charge >= 0.3 is 0 Å². The Labute approximate surface area is 105 Å². The molecule has 0 aromatic heterocycles. The smallest absolute Gasteiger partial charge is 0.133 e. The van der Waals surface area contributed by atoms with E-state index in [0.717, 1.165) is 28.3 Å². The van der Waals surface area contributed by atoms with Gasteiger partial charge in [0.05, 0.1) is 11.1 Å². The molecule has 0 bridgehead atoms. The topological polar surface area (TPSA) is 35.2 Å². The Balaban J connectivity index is 1.83. The van der Waals surface area contributed by atoms with Crippen LogP contribution in [0.5, 0.6) is 5.75 Å². The van der Waals surface area contributed by atoms with Crippen LogP contribution in [-0.4, -0.2) is 6.61 Å². The van der Waals surface area contributed by atoms with Crippen molar-refractivity contribution in [3.05, 3.63) is 28.2 Å². The third-order valence-corrected chi connectivity index (χ3v) is 3.86. The molecule has 0 amide bonds. The zero-order valence-corrected chi connectivity index (χ0v) is 11.0. The first-order valence-corrected chi connectivity index (χ1v) is 6.70. The Hall–Kier alpha value is -0.540. The van der Waals surface area contributed by atoms with Gasteiger partial charge in [-0.2, -0.15) is 0 Å². The summed E-state index contributed by atoms with van der Waals surface area (Å²) in [6.07, 6.45) is 5.36. The highest BCUT2D eigenvalue weighted by atomic mass is 79.9. The predicted molar refractivity (Wildman–Crippen MR) is 69.5 cm³/mol. The summed E-state index contributed by atoms with van der Waals surface area (Å²) in [5, 5.41) is 0. The lowest BCUT2D eigenvalue weighted by molar-refractivity contribution is 0.221. The molecule has 1 saturated carbocycles. The maximum atomic E-state index is 5.75. The van der Waals surface area contributed by atoms with Crippen LogP contribution in [0, 0.1) is 5.92 Å². The van der Waals surface area contributed by atoms with E-state index in [1.807, 2.05) is 18.2 Å². The van der Waals surface area contributed by atoms with Gasteiger partial charge in [0.1, 0.15) is 5.75 Å². The number of nitrogens with two attached hydrogens (primary N) is 1. The Morgan fingerprint density at radius 1 is 1.38 bits per heavy atom. The van der Waals surface area contributed by atoms with E-state index in [9.17, 15) is 0 Å². The van der Waals surface area contributed by atoms with Gasteiger partial charge in [-0.15, -0.1) is 0 Å². The molecule has 16 heavy (non-hydrogen) atoms. The van der Waals surface area contributed by atoms with E-state index in [0.29, 0.717) is 6.54 Å². The molecule has 2 nitrogen and oxygen atoms in total. The van der Waals surface area contributed by atoms with Gasteiger partial charge in [0.15, 0.2) is 0 Å². The van der Waals surface area contributed by atoms with Crippen molar-refractivity contribution in [2.24, 2.45) is 11.7 Å². The minimum atomic E-state index is 0.570. The maximum Gasteiger partial charge on any atom is 0.133 e. The number of hydrogen-bond acceptors (Lipinski definition) is 2. The molecule has 88 valence electrons. The van der Waals surface area contributed by atoms with E-state index < -0.39 is 0 Å². The fraction of sp³-hybridized carbons (Fsp3) is 0.538. The summed E-state index contributed by atoms with van der Waals surface area (Å²) >= 11 is 3.51. The van der Waals surface area contributed by atoms with Gasteiger partial charge in [-0.05, 0) is 46.0 Å². The summed E-state index contributed by atoms with van der Waals surface area (Å²) in [5.74, 6) is 1.83. The van der Waals surface area contributed by atoms with E-state index in [-0.39, 0.29) is 0 Å². The van der Waals surface area contributed by atoms with Gasteiger partial charge in [-0.25, -0.2) is 0 Å². The molecule has 0 heterocycles. The summed E-state index contributed by atoms with van der Waals surface area (Å²) in [5.41, 5.74) is 6.70. The monoisotopic (exact) mass is 283 g/mol. The molecule has 0 unspecified atom stereocenters. The molecule has 0 radical (unpaired) electrons. The second-order valence-corrected chi connectivity index (χ2v) is 5.26. The van der Waals surface area contributed by atoms with Crippen molar-refractivity contribution in [1.29, 1.82) is 0 Å². The molecule has 2 N–H and O–H groups in total. The van der Waals surface area contributed by atoms with Gasteiger partial charge in [0.25, 0.3) is 0 Å². The van der Waals surface area contributed by atoms with Crippen molar-refractivity contribution < 1.29 is 4.74 Å². The minimum absolute atomic E-state index is 0.570. The van der Waals surface area contributed by atoms with Crippen LogP contribution in [0.3, 0.4) is 0 Å². The summed E-state index contributed by atoms with van der Waals surface area (Å²) in [6, 6.07) is 6.04. The third-order valence-electron chi connectivity index (χ3n) is 3.24. The van der Waals surface area contributed by atoms with Crippen LogP contribution >= 0.6 is 15.9 Å². The van der Waals surface area contributed by atoms with Crippen molar-refractivity contribution in [2.45, 2.75) is 32.2 Å². The lowest BCUT2D eigenvalue weighted by Gasteiger charge is -2.25. The molecular weight excluding hydrogens is 266 g/mol. The number of halogens is 1. The Kier molecular flexibility index (Phi) is 4.24. The van der Waals surface area contributed by atoms with E-state index in [1.165, 1.54) is 25.7 Å². The van der Waals surface area contributed by atoms with E-state index in [2.05, 4.69) is 15.9 Å². The van der Waals surface area contributed by atoms with Crippen molar-refractivity contribution >= 4 is 15.9 Å². The quantitative estimate of drug-likeness (QED) is 0.898. The average molecular weight is 284 g/mol. The van der Waals surface area contributed by atoms with Crippen LogP contribution in [0.15, 0.2) is 22.7 Å². The number of hydrogen-bond donors (Lipinski definition) is 1. The Bertz CT molecular complexity index is 350. The molecule has 0 saturated heterocycles. The Morgan fingerprint density at radius 3 is 2.75 bits per heavy atom. The lowest BCUT2D eigenvalue weighted by Crippen LogP contribution is -2.14. The van der Waals surface area contributed by atoms with Gasteiger partial charge in [-0.1, -0.05) is 25.3 Å². The van der Waals surface area contributed by atoms with Crippen molar-refractivity contribution in [2.75, 3.05) is 6.61 Å². The van der Waals surface area contributed by atoms with Crippen LogP contribution in [0.4, 0.5) is 0 Å². The van der Waals surface area contributed by atoms with E-state index in [4.69, 9.17) is 10.5 Å². The van der Waals surface area contributed by atoms with Gasteiger partial charge in [0.2, 0.25) is 0 Å². The SMILES string of the molecule is NCc1ccc(OCCC2CCC2)c(Br)c1. The highest BCUT2D eigenvalue weighted by Gasteiger charge is 2.17. The predicted octanol–water partition coefficient (Wildman–Crippen LogP) is 3.48. The first-order valence-electron chi connectivity index (χ1n) is 5.91. The van der Waals surface area contributed by atoms with Crippen molar-refractivity contribution in [3.8, 4) is 5.75 Å². The molecule has 0 spiro atoms. The second kappa shape index (κ2) is 5.69. The summed E-state index contributed by atoms with van der Waals surface area (Å²) < 4.78 is 6.76. The maximum absolute atomic E-state index is 5.75. The fourth-order valence-electron chi connectivity index (χ4n) is 1.91. The largest absolute Gasteiger partial charge is 0.492 e. The third kappa shape index (κ3) is 2.98. The first kappa shape index (κ1) is 11.9. The van der Waals surface area contributed by atoms with Gasteiger partial charge < -0.3 is 10.5 Å². The van der Waals surface area contributed by atoms with Crippen molar-refractivity contribution in [1.82, 2.24) is 0 Å². The number of benzene rings is 1. The summed E-state index contributed by atoms with van der Waals surface area (Å²) in [4.78, 5) is 0. The van der Waals surface area contributed by atoms with Crippen LogP contribution < -0.4 is 10.5 Å². The fourth-order valence-corrected chi connectivity index (χ4v) is 2.45. The normalized spacial score (nSPS) is 15.9. The minimum Gasteiger partial charge on any atom is -0.492 e. The van der Waals surface area contributed by atoms with E-state index >= 15 is 0 Å². The standard InChI is InChI=1S/C13H18BrNO/c14-12-8-11(9-15)4-5-13(12)16-7-6-10-2-1-3-10/h4-5,8,10H,1-3,6-7,9,15H2. The van der Waals surface area contributed by atoms with Crippen LogP contribution in [0.25, 0.3) is 0 Å². The average Bonchev–Trinajstić information content (AvgIpc) is 2.23. The molecule has 0 aliphatic heterocycles. The van der Waals surface area contributed by atoms with E-state index in [1.54, 1.807) is 0 Å². The molecule has 1 aromatic rings. The molecule has 2 rings (SSSR count). The Morgan fingerprint density at radius 2 is 2.19 bits per heavy atom. The summed E-state index contributed by atoms with van der Waals surface area (Å²) in [7, 11) is 0. The van der Waals surface area contributed by atoms with Crippen LogP contribution in [0.1, 0.15) is 31.2 Å². The lowest BCUT2D eigenvalue weighted by atomic mass is 9.83. The molecule has 1 aliphatic rings. The number of rotatable bonds is 5. The molecule has 1 aliphatic carbocycles. The van der Waals surface area contributed by atoms with Gasteiger partial charge in [-0.3, -0.25) is 0 Å². The van der Waals surface area contributed by atoms with Crippen LogP contribution in [0.2, 0.25) is 0 Å². The molecular formula is C13H18BrNO.